The monoisotopic (exact) mass is 233 g/mol. The normalized spacial score (nSPS) is 10.1. The highest BCUT2D eigenvalue weighted by molar-refractivity contribution is 6.33. The summed E-state index contributed by atoms with van der Waals surface area (Å²) in [7, 11) is 0. The van der Waals surface area contributed by atoms with Gasteiger partial charge in [-0.15, -0.1) is 0 Å². The summed E-state index contributed by atoms with van der Waals surface area (Å²) in [6, 6.07) is 9.53. The Labute approximate surface area is 99.5 Å². The van der Waals surface area contributed by atoms with Crippen molar-refractivity contribution in [2.75, 3.05) is 11.9 Å². The number of halogens is 1. The van der Waals surface area contributed by atoms with E-state index >= 15 is 0 Å². The molecule has 82 valence electrons. The Kier molecular flexibility index (Phi) is 3.37. The molecule has 0 amide bonds. The predicted molar refractivity (Wildman–Crippen MR) is 66.6 cm³/mol. The van der Waals surface area contributed by atoms with Gasteiger partial charge in [0.15, 0.2) is 0 Å². The molecule has 0 atom stereocenters. The zero-order valence-electron chi connectivity index (χ0n) is 8.94. The van der Waals surface area contributed by atoms with Crippen LogP contribution in [0.3, 0.4) is 0 Å². The van der Waals surface area contributed by atoms with Crippen LogP contribution in [0.4, 0.5) is 5.82 Å². The van der Waals surface area contributed by atoms with Gasteiger partial charge < -0.3 is 5.32 Å². The van der Waals surface area contributed by atoms with Crippen molar-refractivity contribution in [3.05, 3.63) is 41.7 Å². The highest BCUT2D eigenvalue weighted by Crippen LogP contribution is 2.26. The van der Waals surface area contributed by atoms with Crippen molar-refractivity contribution in [3.8, 4) is 11.3 Å². The Balaban J connectivity index is 2.40. The number of hydrogen-bond acceptors (Lipinski definition) is 3. The van der Waals surface area contributed by atoms with E-state index in [-0.39, 0.29) is 0 Å². The van der Waals surface area contributed by atoms with Crippen molar-refractivity contribution in [2.45, 2.75) is 6.92 Å². The van der Waals surface area contributed by atoms with Crippen LogP contribution in [0.15, 0.2) is 36.7 Å². The van der Waals surface area contributed by atoms with Crippen LogP contribution in [0, 0.1) is 0 Å². The van der Waals surface area contributed by atoms with E-state index in [2.05, 4.69) is 15.3 Å². The zero-order chi connectivity index (χ0) is 11.4. The average molecular weight is 234 g/mol. The van der Waals surface area contributed by atoms with Gasteiger partial charge in [0.05, 0.1) is 5.69 Å². The smallest absolute Gasteiger partial charge is 0.129 e. The molecule has 0 spiro atoms. The number of anilines is 1. The molecule has 4 heteroatoms. The molecule has 2 rings (SSSR count). The Bertz CT molecular complexity index is 485. The first-order valence-corrected chi connectivity index (χ1v) is 5.50. The first-order valence-electron chi connectivity index (χ1n) is 5.12. The fourth-order valence-electron chi connectivity index (χ4n) is 1.45. The molecule has 0 aliphatic heterocycles. The molecule has 0 saturated heterocycles. The predicted octanol–water partition coefficient (Wildman–Crippen LogP) is 3.23. The molecule has 0 aliphatic rings. The molecule has 0 bridgehead atoms. The summed E-state index contributed by atoms with van der Waals surface area (Å²) in [5, 5.41) is 3.84. The van der Waals surface area contributed by atoms with Crippen molar-refractivity contribution in [1.29, 1.82) is 0 Å². The minimum absolute atomic E-state index is 0.698. The van der Waals surface area contributed by atoms with E-state index in [0.29, 0.717) is 5.02 Å². The van der Waals surface area contributed by atoms with Crippen molar-refractivity contribution < 1.29 is 0 Å². The number of aromatic nitrogens is 2. The van der Waals surface area contributed by atoms with E-state index in [1.54, 1.807) is 0 Å². The molecular formula is C12H12ClN3. The first-order chi connectivity index (χ1) is 7.81. The van der Waals surface area contributed by atoms with E-state index in [0.717, 1.165) is 23.6 Å². The fourth-order valence-corrected chi connectivity index (χ4v) is 1.68. The summed E-state index contributed by atoms with van der Waals surface area (Å²) in [5.41, 5.74) is 1.75. The van der Waals surface area contributed by atoms with Gasteiger partial charge in [0.25, 0.3) is 0 Å². The molecule has 0 fully saturated rings. The number of benzene rings is 1. The molecule has 0 aliphatic carbocycles. The van der Waals surface area contributed by atoms with Crippen molar-refractivity contribution in [2.24, 2.45) is 0 Å². The first kappa shape index (κ1) is 10.9. The van der Waals surface area contributed by atoms with Gasteiger partial charge in [-0.05, 0) is 13.0 Å². The van der Waals surface area contributed by atoms with Crippen molar-refractivity contribution in [3.63, 3.8) is 0 Å². The number of hydrogen-bond donors (Lipinski definition) is 1. The Hall–Kier alpha value is -1.61. The molecule has 1 heterocycles. The van der Waals surface area contributed by atoms with E-state index in [4.69, 9.17) is 11.6 Å². The molecule has 0 unspecified atom stereocenters. The van der Waals surface area contributed by atoms with Crippen LogP contribution < -0.4 is 5.32 Å². The lowest BCUT2D eigenvalue weighted by molar-refractivity contribution is 1.11. The molecule has 2 aromatic rings. The maximum atomic E-state index is 6.11. The van der Waals surface area contributed by atoms with Crippen LogP contribution in [-0.4, -0.2) is 16.5 Å². The molecule has 3 nitrogen and oxygen atoms in total. The lowest BCUT2D eigenvalue weighted by Gasteiger charge is -2.05. The van der Waals surface area contributed by atoms with Crippen molar-refractivity contribution in [1.82, 2.24) is 9.97 Å². The standard InChI is InChI=1S/C12H12ClN3/c1-2-14-12-7-11(15-8-16-12)9-5-3-4-6-10(9)13/h3-8H,2H2,1H3,(H,14,15,16). The van der Waals surface area contributed by atoms with Crippen LogP contribution in [0.5, 0.6) is 0 Å². The van der Waals surface area contributed by atoms with Gasteiger partial charge in [0.1, 0.15) is 12.1 Å². The zero-order valence-corrected chi connectivity index (χ0v) is 9.70. The third-order valence-electron chi connectivity index (χ3n) is 2.17. The molecule has 1 N–H and O–H groups in total. The van der Waals surface area contributed by atoms with E-state index in [1.807, 2.05) is 37.3 Å². The molecule has 0 radical (unpaired) electrons. The summed E-state index contributed by atoms with van der Waals surface area (Å²) < 4.78 is 0. The molecule has 0 saturated carbocycles. The van der Waals surface area contributed by atoms with Crippen molar-refractivity contribution >= 4 is 17.4 Å². The van der Waals surface area contributed by atoms with Gasteiger partial charge in [-0.25, -0.2) is 9.97 Å². The minimum atomic E-state index is 0.698. The third-order valence-corrected chi connectivity index (χ3v) is 2.50. The highest BCUT2D eigenvalue weighted by atomic mass is 35.5. The van der Waals surface area contributed by atoms with Crippen LogP contribution in [0.1, 0.15) is 6.92 Å². The van der Waals surface area contributed by atoms with E-state index < -0.39 is 0 Å². The highest BCUT2D eigenvalue weighted by Gasteiger charge is 2.04. The van der Waals surface area contributed by atoms with Gasteiger partial charge in [-0.3, -0.25) is 0 Å². The third kappa shape index (κ3) is 2.31. The summed E-state index contributed by atoms with van der Waals surface area (Å²) in [4.78, 5) is 8.34. The molecular weight excluding hydrogens is 222 g/mol. The van der Waals surface area contributed by atoms with Crippen LogP contribution in [0.25, 0.3) is 11.3 Å². The maximum absolute atomic E-state index is 6.11. The summed E-state index contributed by atoms with van der Waals surface area (Å²) in [6.07, 6.45) is 1.54. The van der Waals surface area contributed by atoms with E-state index in [9.17, 15) is 0 Å². The number of nitrogens with one attached hydrogen (secondary N) is 1. The summed E-state index contributed by atoms with van der Waals surface area (Å²) in [6.45, 7) is 2.86. The number of rotatable bonds is 3. The fraction of sp³-hybridized carbons (Fsp3) is 0.167. The quantitative estimate of drug-likeness (QED) is 0.885. The topological polar surface area (TPSA) is 37.8 Å². The van der Waals surface area contributed by atoms with Crippen LogP contribution in [0.2, 0.25) is 5.02 Å². The minimum Gasteiger partial charge on any atom is -0.370 e. The van der Waals surface area contributed by atoms with E-state index in [1.165, 1.54) is 6.33 Å². The molecule has 1 aromatic heterocycles. The van der Waals surface area contributed by atoms with Gasteiger partial charge in [-0.2, -0.15) is 0 Å². The second kappa shape index (κ2) is 4.94. The summed E-state index contributed by atoms with van der Waals surface area (Å²) in [5.74, 6) is 0.812. The van der Waals surface area contributed by atoms with Gasteiger partial charge >= 0.3 is 0 Å². The Morgan fingerprint density at radius 3 is 2.81 bits per heavy atom. The van der Waals surface area contributed by atoms with Crippen LogP contribution in [-0.2, 0) is 0 Å². The lowest BCUT2D eigenvalue weighted by Crippen LogP contribution is -1.99. The van der Waals surface area contributed by atoms with Gasteiger partial charge in [0, 0.05) is 23.2 Å². The Morgan fingerprint density at radius 1 is 1.25 bits per heavy atom. The molecule has 16 heavy (non-hydrogen) atoms. The molecule has 1 aromatic carbocycles. The Morgan fingerprint density at radius 2 is 2.06 bits per heavy atom. The van der Waals surface area contributed by atoms with Crippen LogP contribution >= 0.6 is 11.6 Å². The largest absolute Gasteiger partial charge is 0.370 e. The second-order valence-electron chi connectivity index (χ2n) is 3.30. The summed E-state index contributed by atoms with van der Waals surface area (Å²) >= 11 is 6.11. The van der Waals surface area contributed by atoms with Gasteiger partial charge in [0.2, 0.25) is 0 Å². The SMILES string of the molecule is CCNc1cc(-c2ccccc2Cl)ncn1. The van der Waals surface area contributed by atoms with Gasteiger partial charge in [-0.1, -0.05) is 29.8 Å². The maximum Gasteiger partial charge on any atom is 0.129 e. The second-order valence-corrected chi connectivity index (χ2v) is 3.71. The lowest BCUT2D eigenvalue weighted by atomic mass is 10.1. The number of nitrogens with zero attached hydrogens (tertiary/aromatic N) is 2. The average Bonchev–Trinajstić information content (AvgIpc) is 2.30.